The summed E-state index contributed by atoms with van der Waals surface area (Å²) >= 11 is 5.47. The van der Waals surface area contributed by atoms with Gasteiger partial charge < -0.3 is 85.0 Å². The molecule has 147 heavy (non-hydrogen) atoms. The number of nitrogens with two attached hydrogens (primary N) is 1. The average Bonchev–Trinajstić information content (AvgIpc) is 0.477. The summed E-state index contributed by atoms with van der Waals surface area (Å²) in [7, 11) is 2.64. The molecule has 5 aliphatic carbocycles. The highest BCUT2D eigenvalue weighted by atomic mass is 35.5. The molecule has 9 aromatic rings. The van der Waals surface area contributed by atoms with Crippen molar-refractivity contribution in [1.82, 2.24) is 15.0 Å². The van der Waals surface area contributed by atoms with Gasteiger partial charge in [0.2, 0.25) is 5.15 Å². The van der Waals surface area contributed by atoms with Gasteiger partial charge in [-0.3, -0.25) is 30.2 Å². The summed E-state index contributed by atoms with van der Waals surface area (Å²) in [4.78, 5) is 138. The van der Waals surface area contributed by atoms with E-state index in [-0.39, 0.29) is 71.0 Å². The van der Waals surface area contributed by atoms with Crippen LogP contribution in [0.15, 0.2) is 164 Å². The maximum atomic E-state index is 12.2. The Bertz CT molecular complexity index is 5750. The first kappa shape index (κ1) is 116. The van der Waals surface area contributed by atoms with Crippen molar-refractivity contribution in [2.24, 2.45) is 11.8 Å². The second-order valence-electron chi connectivity index (χ2n) is 35.8. The summed E-state index contributed by atoms with van der Waals surface area (Å²) in [6.07, 6.45) is 35.5. The summed E-state index contributed by atoms with van der Waals surface area (Å²) in [5.41, 5.74) is 19.3. The SMILES string of the molecule is CCOC(=O)c1ccc(CNc2cc(C(=O)OCC)ccc2NC2CCCCC2)cc1.CCOC(=O)c1ccc(NC2CCCCC2)c(NCc2ccc(C(=O)OC)cc2)c1.CCOC(=O)c1ccc(NC2CCCCC2)c(NCc2ccc(OC(=O)OC)cc2)c1.CCOC(=O)c1cnc(CC2CCCCC2)c(N)c1.CCOC(=O)c1cnc(CC2CCCCC2)c([N+](=O)[O-])c1.CCOC(=O)c1cnc(Cl)c([N+](=O)[O-])c1. The number of hydrogen-bond acceptors (Lipinski definition) is 33. The Hall–Kier alpha value is -14.5. The first-order valence-electron chi connectivity index (χ1n) is 51.1. The lowest BCUT2D eigenvalue weighted by atomic mass is 9.86. The van der Waals surface area contributed by atoms with E-state index in [4.69, 9.17) is 55.2 Å². The van der Waals surface area contributed by atoms with Gasteiger partial charge in [-0.1, -0.05) is 170 Å². The van der Waals surface area contributed by atoms with Crippen molar-refractivity contribution >= 4 is 117 Å². The summed E-state index contributed by atoms with van der Waals surface area (Å²) in [6.45, 7) is 16.1. The van der Waals surface area contributed by atoms with E-state index in [1.165, 1.54) is 136 Å². The predicted molar refractivity (Wildman–Crippen MR) is 564 cm³/mol. The summed E-state index contributed by atoms with van der Waals surface area (Å²) < 4.78 is 49.2. The van der Waals surface area contributed by atoms with Crippen LogP contribution in [0.25, 0.3) is 0 Å². The maximum Gasteiger partial charge on any atom is 0.513 e. The zero-order chi connectivity index (χ0) is 106. The van der Waals surface area contributed by atoms with Crippen LogP contribution in [0, 0.1) is 32.1 Å². The molecule has 3 heterocycles. The molecule has 5 aliphatic rings. The van der Waals surface area contributed by atoms with Crippen molar-refractivity contribution in [1.29, 1.82) is 0 Å². The molecule has 6 aromatic carbocycles. The molecule has 8 N–H and O–H groups in total. The van der Waals surface area contributed by atoms with E-state index >= 15 is 0 Å². The lowest BCUT2D eigenvalue weighted by molar-refractivity contribution is -0.386. The smallest absolute Gasteiger partial charge is 0.465 e. The number of carbonyl (C=O) groups is 9. The van der Waals surface area contributed by atoms with Crippen molar-refractivity contribution in [2.45, 2.75) is 260 Å². The highest BCUT2D eigenvalue weighted by molar-refractivity contribution is 6.31. The molecule has 5 saturated carbocycles. The Kier molecular flexibility index (Phi) is 49.8. The van der Waals surface area contributed by atoms with Gasteiger partial charge in [0.05, 0.1) is 160 Å². The van der Waals surface area contributed by atoms with Crippen LogP contribution in [0.5, 0.6) is 5.75 Å². The van der Waals surface area contributed by atoms with E-state index in [9.17, 15) is 63.4 Å². The Labute approximate surface area is 864 Å². The minimum Gasteiger partial charge on any atom is -0.465 e. The molecule has 5 fully saturated rings. The monoisotopic (exact) mass is 2040 g/mol. The number of methoxy groups -OCH3 is 2. The van der Waals surface area contributed by atoms with E-state index < -0.39 is 33.6 Å². The second kappa shape index (κ2) is 63.0. The van der Waals surface area contributed by atoms with Gasteiger partial charge >= 0.3 is 59.6 Å². The van der Waals surface area contributed by atoms with Gasteiger partial charge in [-0.2, -0.15) is 0 Å². The van der Waals surface area contributed by atoms with Crippen molar-refractivity contribution in [2.75, 3.05) is 98.1 Å². The number of nitrogens with one attached hydrogen (secondary N) is 6. The summed E-state index contributed by atoms with van der Waals surface area (Å²) in [6, 6.07) is 43.9. The standard InChI is InChI=1S/C25H32N2O4.C24H30N2O5.C24H30N2O4.C15H20N2O4.C15H22N2O2.C8H7ClN2O4/c1-3-30-24(28)19-12-10-18(11-13-19)17-26-23-16-20(25(29)31-4-2)14-15-22(23)27-21-8-6-5-7-9-21;1-3-30-23(27)18-11-14-21(26-19-7-5-4-6-8-19)22(15-18)25-16-17-9-12-20(13-10-17)31-24(28)29-2;1-3-30-24(28)19-13-14-21(26-20-7-5-4-6-8-20)22(15-19)25-16-17-9-11-18(12-10-17)23(27)29-2;1-2-21-15(18)12-9-14(17(19)20)13(16-10-12)8-11-6-4-3-5-7-11;1-2-19-15(18)12-9-13(16)14(17-10-12)8-11-6-4-3-5-7-11;1-2-15-8(12)5-3-6(11(13)14)7(9)10-4-5/h10-16,21,26-27H,3-9,17H2,1-2H3;9-15,19,25-26H,3-8,16H2,1-2H3;9-15,20,25-26H,3-8,16H2,1-2H3;9-11H,2-8H2,1H3;9-11H,2-8,16H2,1H3;3-4H,2H2,1H3. The van der Waals surface area contributed by atoms with Crippen LogP contribution in [-0.2, 0) is 75.1 Å². The number of halogens is 1. The third-order valence-electron chi connectivity index (χ3n) is 25.2. The molecule has 0 aliphatic heterocycles. The molecular weight excluding hydrogens is 1900 g/mol. The van der Waals surface area contributed by atoms with Crippen LogP contribution in [0.4, 0.5) is 56.0 Å². The molecule has 14 rings (SSSR count). The molecule has 0 atom stereocenters. The lowest BCUT2D eigenvalue weighted by Gasteiger charge is -2.25. The van der Waals surface area contributed by atoms with Crippen LogP contribution in [0.3, 0.4) is 0 Å². The van der Waals surface area contributed by atoms with Crippen LogP contribution in [0.2, 0.25) is 5.15 Å². The fraction of sp³-hybridized carbons (Fsp3) is 0.459. The van der Waals surface area contributed by atoms with Crippen molar-refractivity contribution in [3.8, 4) is 5.75 Å². The number of anilines is 7. The number of ether oxygens (including phenoxy) is 10. The first-order chi connectivity index (χ1) is 71.2. The van der Waals surface area contributed by atoms with E-state index in [1.54, 1.807) is 109 Å². The van der Waals surface area contributed by atoms with Crippen LogP contribution >= 0.6 is 11.6 Å². The third kappa shape index (κ3) is 39.1. The number of nitrogens with zero attached hydrogens (tertiary/aromatic N) is 5. The van der Waals surface area contributed by atoms with Crippen LogP contribution in [-0.4, -0.2) is 157 Å². The third-order valence-corrected chi connectivity index (χ3v) is 25.5. The Balaban J connectivity index is 0.000000199. The Morgan fingerprint density at radius 2 is 0.619 bits per heavy atom. The molecule has 36 heteroatoms. The molecule has 0 radical (unpaired) electrons. The largest absolute Gasteiger partial charge is 0.513 e. The Morgan fingerprint density at radius 3 is 0.946 bits per heavy atom. The highest BCUT2D eigenvalue weighted by Gasteiger charge is 2.28. The number of rotatable bonds is 37. The number of esters is 8. The number of hydrogen-bond donors (Lipinski definition) is 7. The fourth-order valence-electron chi connectivity index (χ4n) is 17.5. The maximum absolute atomic E-state index is 12.2. The van der Waals surface area contributed by atoms with E-state index in [2.05, 4.69) is 56.3 Å². The minimum absolute atomic E-state index is 0.00736. The van der Waals surface area contributed by atoms with Crippen molar-refractivity contribution < 1.29 is 100 Å². The quantitative estimate of drug-likeness (QED) is 0.00475. The molecule has 3 aromatic heterocycles. The van der Waals surface area contributed by atoms with Crippen LogP contribution in [0.1, 0.15) is 320 Å². The zero-order valence-electron chi connectivity index (χ0n) is 85.7. The molecule has 0 bridgehead atoms. The second-order valence-corrected chi connectivity index (χ2v) is 36.2. The molecule has 0 spiro atoms. The highest BCUT2D eigenvalue weighted by Crippen LogP contribution is 2.37. The molecule has 0 amide bonds. The van der Waals surface area contributed by atoms with E-state index in [1.807, 2.05) is 78.9 Å². The molecule has 0 unspecified atom stereocenters. The minimum atomic E-state index is -0.750. The normalized spacial score (nSPS) is 14.1. The predicted octanol–water partition coefficient (Wildman–Crippen LogP) is 23.8. The van der Waals surface area contributed by atoms with Crippen LogP contribution < -0.4 is 42.4 Å². The van der Waals surface area contributed by atoms with Gasteiger partial charge in [0.1, 0.15) is 11.4 Å². The van der Waals surface area contributed by atoms with Crippen molar-refractivity contribution in [3.05, 3.63) is 262 Å². The van der Waals surface area contributed by atoms with Gasteiger partial charge in [0.25, 0.3) is 5.69 Å². The number of pyridine rings is 3. The van der Waals surface area contributed by atoms with Gasteiger partial charge in [-0.05, 0) is 225 Å². The van der Waals surface area contributed by atoms with Gasteiger partial charge in [0.15, 0.2) is 0 Å². The molecule has 35 nitrogen and oxygen atoms in total. The number of aromatic nitrogens is 3. The van der Waals surface area contributed by atoms with E-state index in [0.29, 0.717) is 140 Å². The Morgan fingerprint density at radius 1 is 0.333 bits per heavy atom. The van der Waals surface area contributed by atoms with Gasteiger partial charge in [0, 0.05) is 68.5 Å². The van der Waals surface area contributed by atoms with E-state index in [0.717, 1.165) is 127 Å². The van der Waals surface area contributed by atoms with Crippen molar-refractivity contribution in [3.63, 3.8) is 0 Å². The van der Waals surface area contributed by atoms with Gasteiger partial charge in [-0.15, -0.1) is 0 Å². The van der Waals surface area contributed by atoms with Gasteiger partial charge in [-0.25, -0.2) is 48.1 Å². The lowest BCUT2D eigenvalue weighted by Crippen LogP contribution is -2.23. The molecule has 0 saturated heterocycles. The number of carbonyl (C=O) groups excluding carboxylic acids is 9. The number of nitro groups is 2. The zero-order valence-corrected chi connectivity index (χ0v) is 86.5. The first-order valence-corrected chi connectivity index (χ1v) is 51.5. The molecule has 790 valence electrons. The summed E-state index contributed by atoms with van der Waals surface area (Å²) in [5, 5.41) is 42.7. The topological polar surface area (TPSA) is 469 Å². The summed E-state index contributed by atoms with van der Waals surface area (Å²) in [5.74, 6) is -1.68. The number of benzene rings is 6. The molecular formula is C111H141ClN12O23. The average molecular weight is 2050 g/mol. The number of nitrogen functional groups attached to an aromatic ring is 1. The fourth-order valence-corrected chi connectivity index (χ4v) is 17.7.